The van der Waals surface area contributed by atoms with Crippen molar-refractivity contribution in [1.29, 1.82) is 0 Å². The molecule has 7 heteroatoms. The van der Waals surface area contributed by atoms with E-state index in [0.29, 0.717) is 11.8 Å². The third-order valence-electron chi connectivity index (χ3n) is 8.57. The molecule has 1 heterocycles. The van der Waals surface area contributed by atoms with Crippen LogP contribution in [0.4, 0.5) is 18.9 Å². The summed E-state index contributed by atoms with van der Waals surface area (Å²) in [5.41, 5.74) is 2.01. The molecule has 2 bridgehead atoms. The lowest BCUT2D eigenvalue weighted by atomic mass is 9.55. The minimum absolute atomic E-state index is 0.0204. The molecule has 0 spiro atoms. The van der Waals surface area contributed by atoms with E-state index in [-0.39, 0.29) is 23.8 Å². The molecular formula is C28H29F3N2O2. The third kappa shape index (κ3) is 4.19. The number of amides is 1. The predicted molar refractivity (Wildman–Crippen MR) is 128 cm³/mol. The standard InChI is InChI=1S/C28H29F3N2O2/c1-15-8-23(19-9-17(15)10-19)27(34)33-26-14-32-25-7-6-21(13-24(25)26)35-22-11-18(12-22)16-2-4-20(5-3-16)28(29,30)31/h2-7,13-15,17-19,22-23,32H,8-12H2,1H3,(H,33,34)/t15-,17?,18?,19?,22?,23+/m0/s1. The SMILES string of the molecule is C[C@H]1C[C@@H](C(=O)Nc2c[nH]c3ccc(OC4CC(c5ccc(C(F)(F)F)cc5)C4)cc23)C2CC1C2. The number of anilines is 1. The van der Waals surface area contributed by atoms with Gasteiger partial charge in [0.2, 0.25) is 5.91 Å². The summed E-state index contributed by atoms with van der Waals surface area (Å²) < 4.78 is 44.5. The molecule has 4 aliphatic rings. The Bertz CT molecular complexity index is 1240. The van der Waals surface area contributed by atoms with Gasteiger partial charge in [-0.25, -0.2) is 0 Å². The van der Waals surface area contributed by atoms with Crippen LogP contribution in [0.1, 0.15) is 56.1 Å². The Hall–Kier alpha value is -2.96. The number of hydrogen-bond donors (Lipinski definition) is 2. The van der Waals surface area contributed by atoms with Crippen molar-refractivity contribution in [3.8, 4) is 5.75 Å². The van der Waals surface area contributed by atoms with Gasteiger partial charge in [0.1, 0.15) is 5.75 Å². The summed E-state index contributed by atoms with van der Waals surface area (Å²) in [6, 6.07) is 11.3. The average Bonchev–Trinajstić information content (AvgIpc) is 3.16. The first-order valence-corrected chi connectivity index (χ1v) is 12.5. The van der Waals surface area contributed by atoms with Gasteiger partial charge in [0, 0.05) is 23.0 Å². The van der Waals surface area contributed by atoms with Gasteiger partial charge in [-0.15, -0.1) is 0 Å². The third-order valence-corrected chi connectivity index (χ3v) is 8.57. The Balaban J connectivity index is 1.09. The fraction of sp³-hybridized carbons (Fsp3) is 0.464. The molecule has 4 nitrogen and oxygen atoms in total. The first-order chi connectivity index (χ1) is 16.7. The number of aromatic nitrogens is 1. The number of alkyl halides is 3. The number of hydrogen-bond acceptors (Lipinski definition) is 2. The first-order valence-electron chi connectivity index (χ1n) is 12.5. The van der Waals surface area contributed by atoms with E-state index >= 15 is 0 Å². The largest absolute Gasteiger partial charge is 0.490 e. The zero-order valence-electron chi connectivity index (χ0n) is 19.6. The fourth-order valence-corrected chi connectivity index (χ4v) is 6.18. The topological polar surface area (TPSA) is 54.1 Å². The Morgan fingerprint density at radius 2 is 1.74 bits per heavy atom. The monoisotopic (exact) mass is 482 g/mol. The molecule has 4 saturated carbocycles. The molecule has 2 atom stereocenters. The zero-order chi connectivity index (χ0) is 24.3. The van der Waals surface area contributed by atoms with Crippen molar-refractivity contribution in [3.05, 3.63) is 59.8 Å². The van der Waals surface area contributed by atoms with Crippen LogP contribution in [-0.4, -0.2) is 17.0 Å². The van der Waals surface area contributed by atoms with Crippen LogP contribution >= 0.6 is 0 Å². The summed E-state index contributed by atoms with van der Waals surface area (Å²) in [5.74, 6) is 3.10. The van der Waals surface area contributed by atoms with Crippen LogP contribution in [0.3, 0.4) is 0 Å². The second-order valence-corrected chi connectivity index (χ2v) is 10.7. The van der Waals surface area contributed by atoms with Gasteiger partial charge < -0.3 is 15.0 Å². The van der Waals surface area contributed by atoms with Crippen LogP contribution in [0, 0.1) is 23.7 Å². The molecule has 7 rings (SSSR count). The van der Waals surface area contributed by atoms with E-state index in [9.17, 15) is 18.0 Å². The van der Waals surface area contributed by atoms with Crippen LogP contribution in [0.25, 0.3) is 10.9 Å². The minimum atomic E-state index is -4.31. The maximum atomic E-state index is 13.0. The van der Waals surface area contributed by atoms with Gasteiger partial charge in [-0.1, -0.05) is 19.1 Å². The highest BCUT2D eigenvalue weighted by Gasteiger charge is 2.46. The van der Waals surface area contributed by atoms with E-state index in [2.05, 4.69) is 17.2 Å². The van der Waals surface area contributed by atoms with E-state index in [0.717, 1.165) is 65.2 Å². The maximum Gasteiger partial charge on any atom is 0.416 e. The van der Waals surface area contributed by atoms with E-state index in [1.165, 1.54) is 12.8 Å². The highest BCUT2D eigenvalue weighted by molar-refractivity contribution is 6.03. The highest BCUT2D eigenvalue weighted by Crippen LogP contribution is 2.52. The normalized spacial score (nSPS) is 29.8. The van der Waals surface area contributed by atoms with Gasteiger partial charge in [0.15, 0.2) is 0 Å². The number of halogens is 3. The molecule has 2 N–H and O–H groups in total. The number of fused-ring (bicyclic) bond motifs is 3. The number of rotatable bonds is 5. The second kappa shape index (κ2) is 8.32. The lowest BCUT2D eigenvalue weighted by Crippen LogP contribution is -2.46. The Morgan fingerprint density at radius 1 is 1.00 bits per heavy atom. The zero-order valence-corrected chi connectivity index (χ0v) is 19.6. The molecule has 2 aromatic carbocycles. The van der Waals surface area contributed by atoms with Gasteiger partial charge in [0.05, 0.1) is 17.4 Å². The summed E-state index contributed by atoms with van der Waals surface area (Å²) in [7, 11) is 0. The molecule has 35 heavy (non-hydrogen) atoms. The Kier molecular flexibility index (Phi) is 5.35. The summed E-state index contributed by atoms with van der Waals surface area (Å²) in [5, 5.41) is 4.08. The molecule has 184 valence electrons. The quantitative estimate of drug-likeness (QED) is 0.406. The number of carbonyl (C=O) groups excluding carboxylic acids is 1. The molecule has 0 unspecified atom stereocenters. The van der Waals surface area contributed by atoms with Crippen LogP contribution < -0.4 is 10.1 Å². The average molecular weight is 483 g/mol. The van der Waals surface area contributed by atoms with Gasteiger partial charge >= 0.3 is 6.18 Å². The van der Waals surface area contributed by atoms with Crippen LogP contribution in [0.2, 0.25) is 0 Å². The van der Waals surface area contributed by atoms with Gasteiger partial charge in [0.25, 0.3) is 0 Å². The lowest BCUT2D eigenvalue weighted by Gasteiger charge is -2.49. The second-order valence-electron chi connectivity index (χ2n) is 10.7. The lowest BCUT2D eigenvalue weighted by molar-refractivity contribution is -0.137. The Morgan fingerprint density at radius 3 is 2.43 bits per heavy atom. The smallest absolute Gasteiger partial charge is 0.416 e. The summed E-state index contributed by atoms with van der Waals surface area (Å²) in [6.07, 6.45) is 2.41. The Labute approximate surface area is 202 Å². The number of benzene rings is 2. The van der Waals surface area contributed by atoms with Crippen molar-refractivity contribution in [2.24, 2.45) is 23.7 Å². The van der Waals surface area contributed by atoms with Crippen molar-refractivity contribution in [3.63, 3.8) is 0 Å². The van der Waals surface area contributed by atoms with Crippen LogP contribution in [0.15, 0.2) is 48.7 Å². The molecule has 0 radical (unpaired) electrons. The minimum Gasteiger partial charge on any atom is -0.490 e. The fourth-order valence-electron chi connectivity index (χ4n) is 6.18. The van der Waals surface area contributed by atoms with Crippen LogP contribution in [0.5, 0.6) is 5.75 Å². The summed E-state index contributed by atoms with van der Waals surface area (Å²) in [6.45, 7) is 2.26. The van der Waals surface area contributed by atoms with E-state index in [1.807, 2.05) is 24.4 Å². The number of carbonyl (C=O) groups is 1. The van der Waals surface area contributed by atoms with Gasteiger partial charge in [-0.3, -0.25) is 4.79 Å². The predicted octanol–water partition coefficient (Wildman–Crippen LogP) is 7.13. The molecule has 3 aromatic rings. The number of ether oxygens (including phenoxy) is 1. The van der Waals surface area contributed by atoms with Crippen molar-refractivity contribution in [1.82, 2.24) is 4.98 Å². The number of H-pyrrole nitrogens is 1. The molecule has 4 aliphatic carbocycles. The van der Waals surface area contributed by atoms with E-state index in [1.54, 1.807) is 12.1 Å². The summed E-state index contributed by atoms with van der Waals surface area (Å²) >= 11 is 0. The van der Waals surface area contributed by atoms with Crippen molar-refractivity contribution >= 4 is 22.5 Å². The summed E-state index contributed by atoms with van der Waals surface area (Å²) in [4.78, 5) is 16.3. The molecule has 1 aromatic heterocycles. The van der Waals surface area contributed by atoms with E-state index < -0.39 is 11.7 Å². The first kappa shape index (κ1) is 22.5. The molecular weight excluding hydrogens is 453 g/mol. The highest BCUT2D eigenvalue weighted by atomic mass is 19.4. The number of aromatic amines is 1. The van der Waals surface area contributed by atoms with Crippen molar-refractivity contribution < 1.29 is 22.7 Å². The molecule has 0 aliphatic heterocycles. The van der Waals surface area contributed by atoms with Gasteiger partial charge in [-0.05, 0) is 91.7 Å². The molecule has 4 fully saturated rings. The van der Waals surface area contributed by atoms with Gasteiger partial charge in [-0.2, -0.15) is 13.2 Å². The molecule has 0 saturated heterocycles. The molecule has 1 amide bonds. The van der Waals surface area contributed by atoms with E-state index in [4.69, 9.17) is 4.74 Å². The number of nitrogens with one attached hydrogen (secondary N) is 2. The van der Waals surface area contributed by atoms with Crippen molar-refractivity contribution in [2.75, 3.05) is 5.32 Å². The van der Waals surface area contributed by atoms with Crippen molar-refractivity contribution in [2.45, 2.75) is 57.2 Å². The maximum absolute atomic E-state index is 13.0. The van der Waals surface area contributed by atoms with Crippen LogP contribution in [-0.2, 0) is 11.0 Å².